The summed E-state index contributed by atoms with van der Waals surface area (Å²) in [5, 5.41) is 4.28. The molecule has 3 rings (SSSR count). The predicted octanol–water partition coefficient (Wildman–Crippen LogP) is 3.47. The van der Waals surface area contributed by atoms with Crippen LogP contribution in [0.4, 0.5) is 10.2 Å². The molecule has 0 bridgehead atoms. The molecule has 0 aliphatic rings. The lowest BCUT2D eigenvalue weighted by atomic mass is 10.1. The van der Waals surface area contributed by atoms with Crippen LogP contribution in [-0.2, 0) is 10.0 Å². The van der Waals surface area contributed by atoms with E-state index in [9.17, 15) is 12.8 Å². The Balaban J connectivity index is 2.08. The van der Waals surface area contributed by atoms with Crippen LogP contribution < -0.4 is 5.73 Å². The van der Waals surface area contributed by atoms with E-state index in [0.29, 0.717) is 21.7 Å². The molecule has 3 aromatic rings. The first-order chi connectivity index (χ1) is 11.3. The van der Waals surface area contributed by atoms with E-state index in [1.54, 1.807) is 19.1 Å². The fraction of sp³-hybridized carbons (Fsp3) is 0.0625. The van der Waals surface area contributed by atoms with Gasteiger partial charge in [-0.15, -0.1) is 5.10 Å². The van der Waals surface area contributed by atoms with Crippen LogP contribution in [0.2, 0.25) is 5.02 Å². The lowest BCUT2D eigenvalue weighted by molar-refractivity contribution is 0.580. The van der Waals surface area contributed by atoms with E-state index in [1.807, 2.05) is 0 Å². The number of aryl methyl sites for hydroxylation is 1. The van der Waals surface area contributed by atoms with Crippen LogP contribution in [0.3, 0.4) is 0 Å². The highest BCUT2D eigenvalue weighted by Gasteiger charge is 2.21. The minimum absolute atomic E-state index is 0.00390. The van der Waals surface area contributed by atoms with Crippen molar-refractivity contribution in [3.63, 3.8) is 0 Å². The maximum Gasteiger partial charge on any atom is 0.283 e. The maximum absolute atomic E-state index is 13.7. The lowest BCUT2D eigenvalue weighted by Crippen LogP contribution is -2.13. The molecule has 124 valence electrons. The van der Waals surface area contributed by atoms with Gasteiger partial charge < -0.3 is 5.73 Å². The Morgan fingerprint density at radius 2 is 1.83 bits per heavy atom. The summed E-state index contributed by atoms with van der Waals surface area (Å²) in [7, 11) is -3.91. The molecule has 0 saturated heterocycles. The van der Waals surface area contributed by atoms with E-state index >= 15 is 0 Å². The molecule has 1 heterocycles. The molecular weight excluding hydrogens is 353 g/mol. The molecule has 0 atom stereocenters. The van der Waals surface area contributed by atoms with Crippen molar-refractivity contribution in [2.24, 2.45) is 0 Å². The molecule has 2 N–H and O–H groups in total. The number of hydrogen-bond acceptors (Lipinski definition) is 4. The summed E-state index contributed by atoms with van der Waals surface area (Å²) in [6.45, 7) is 1.64. The van der Waals surface area contributed by atoms with Gasteiger partial charge in [-0.3, -0.25) is 0 Å². The summed E-state index contributed by atoms with van der Waals surface area (Å²) in [6, 6.07) is 10.2. The van der Waals surface area contributed by atoms with Gasteiger partial charge in [-0.2, -0.15) is 12.5 Å². The van der Waals surface area contributed by atoms with Crippen molar-refractivity contribution >= 4 is 27.4 Å². The second kappa shape index (κ2) is 5.92. The molecule has 0 unspecified atom stereocenters. The monoisotopic (exact) mass is 365 g/mol. The van der Waals surface area contributed by atoms with Crippen molar-refractivity contribution in [1.82, 2.24) is 9.19 Å². The summed E-state index contributed by atoms with van der Waals surface area (Å²) < 4.78 is 39.7. The zero-order valence-electron chi connectivity index (χ0n) is 12.6. The van der Waals surface area contributed by atoms with E-state index in [1.165, 1.54) is 36.5 Å². The highest BCUT2D eigenvalue weighted by Crippen LogP contribution is 2.28. The number of benzene rings is 2. The van der Waals surface area contributed by atoms with E-state index in [4.69, 9.17) is 17.3 Å². The smallest absolute Gasteiger partial charge is 0.283 e. The first-order valence-corrected chi connectivity index (χ1v) is 8.73. The predicted molar refractivity (Wildman–Crippen MR) is 90.8 cm³/mol. The number of halogens is 2. The van der Waals surface area contributed by atoms with Crippen LogP contribution >= 0.6 is 11.6 Å². The van der Waals surface area contributed by atoms with E-state index in [2.05, 4.69) is 5.10 Å². The topological polar surface area (TPSA) is 78.0 Å². The van der Waals surface area contributed by atoms with Gasteiger partial charge in [0, 0.05) is 10.6 Å². The van der Waals surface area contributed by atoms with Crippen molar-refractivity contribution in [3.05, 3.63) is 65.1 Å². The molecular formula is C16H13ClFN3O2S. The molecule has 24 heavy (non-hydrogen) atoms. The Bertz CT molecular complexity index is 1010. The first kappa shape index (κ1) is 16.5. The Labute approximate surface area is 143 Å². The summed E-state index contributed by atoms with van der Waals surface area (Å²) in [6.07, 6.45) is 1.27. The standard InChI is InChI=1S/C16H13ClFN3O2S/c1-10-2-3-11(8-15(10)18)14-9-21(20-16(14)19)24(22,23)13-6-4-12(17)5-7-13/h2-9H,1H3,(H2,19,20). The zero-order chi connectivity index (χ0) is 17.5. The van der Waals surface area contributed by atoms with Crippen molar-refractivity contribution in [1.29, 1.82) is 0 Å². The second-order valence-corrected chi connectivity index (χ2v) is 7.46. The van der Waals surface area contributed by atoms with Crippen LogP contribution in [0.5, 0.6) is 0 Å². The van der Waals surface area contributed by atoms with Gasteiger partial charge in [0.25, 0.3) is 10.0 Å². The average Bonchev–Trinajstić information content (AvgIpc) is 2.93. The van der Waals surface area contributed by atoms with Gasteiger partial charge in [0.05, 0.1) is 11.1 Å². The highest BCUT2D eigenvalue weighted by atomic mass is 35.5. The molecule has 0 radical (unpaired) electrons. The summed E-state index contributed by atoms with van der Waals surface area (Å²) >= 11 is 5.77. The largest absolute Gasteiger partial charge is 0.382 e. The first-order valence-electron chi connectivity index (χ1n) is 6.92. The molecule has 0 amide bonds. The number of rotatable bonds is 3. The zero-order valence-corrected chi connectivity index (χ0v) is 14.1. The van der Waals surface area contributed by atoms with Crippen molar-refractivity contribution < 1.29 is 12.8 Å². The fourth-order valence-corrected chi connectivity index (χ4v) is 3.45. The third kappa shape index (κ3) is 2.88. The Hall–Kier alpha value is -2.38. The van der Waals surface area contributed by atoms with Gasteiger partial charge in [0.1, 0.15) is 5.82 Å². The average molecular weight is 366 g/mol. The normalized spacial score (nSPS) is 11.6. The molecule has 0 saturated carbocycles. The van der Waals surface area contributed by atoms with Crippen molar-refractivity contribution in [2.45, 2.75) is 11.8 Å². The SMILES string of the molecule is Cc1ccc(-c2cn(S(=O)(=O)c3ccc(Cl)cc3)nc2N)cc1F. The molecule has 1 aromatic heterocycles. The molecule has 0 aliphatic carbocycles. The Morgan fingerprint density at radius 1 is 1.17 bits per heavy atom. The Kier molecular flexibility index (Phi) is 4.06. The third-order valence-corrected chi connectivity index (χ3v) is 5.36. The molecule has 8 heteroatoms. The van der Waals surface area contributed by atoms with Crippen molar-refractivity contribution in [3.8, 4) is 11.1 Å². The number of nitrogens with zero attached hydrogens (tertiary/aromatic N) is 2. The minimum Gasteiger partial charge on any atom is -0.382 e. The van der Waals surface area contributed by atoms with Crippen LogP contribution in [0, 0.1) is 12.7 Å². The summed E-state index contributed by atoms with van der Waals surface area (Å²) in [5.74, 6) is -0.406. The number of hydrogen-bond donors (Lipinski definition) is 1. The number of aromatic nitrogens is 2. The van der Waals surface area contributed by atoms with Gasteiger partial charge in [-0.05, 0) is 48.4 Å². The van der Waals surface area contributed by atoms with Gasteiger partial charge in [-0.1, -0.05) is 23.7 Å². The summed E-state index contributed by atoms with van der Waals surface area (Å²) in [5.41, 5.74) is 7.10. The number of anilines is 1. The maximum atomic E-state index is 13.7. The number of nitrogen functional groups attached to an aromatic ring is 1. The molecule has 2 aromatic carbocycles. The fourth-order valence-electron chi connectivity index (χ4n) is 2.19. The minimum atomic E-state index is -3.91. The van der Waals surface area contributed by atoms with Gasteiger partial charge in [0.15, 0.2) is 5.82 Å². The molecule has 0 fully saturated rings. The Morgan fingerprint density at radius 3 is 2.46 bits per heavy atom. The number of nitrogens with two attached hydrogens (primary N) is 1. The van der Waals surface area contributed by atoms with Crippen LogP contribution in [-0.4, -0.2) is 17.6 Å². The quantitative estimate of drug-likeness (QED) is 0.770. The van der Waals surface area contributed by atoms with Gasteiger partial charge >= 0.3 is 0 Å². The lowest BCUT2D eigenvalue weighted by Gasteiger charge is -2.04. The van der Waals surface area contributed by atoms with Gasteiger partial charge in [0.2, 0.25) is 0 Å². The molecule has 0 aliphatic heterocycles. The molecule has 5 nitrogen and oxygen atoms in total. The summed E-state index contributed by atoms with van der Waals surface area (Å²) in [4.78, 5) is 0.0241. The van der Waals surface area contributed by atoms with Crippen molar-refractivity contribution in [2.75, 3.05) is 5.73 Å². The van der Waals surface area contributed by atoms with E-state index in [0.717, 1.165) is 4.09 Å². The van der Waals surface area contributed by atoms with E-state index < -0.39 is 15.8 Å². The molecule has 0 spiro atoms. The second-order valence-electron chi connectivity index (χ2n) is 5.22. The van der Waals surface area contributed by atoms with Crippen LogP contribution in [0.1, 0.15) is 5.56 Å². The highest BCUT2D eigenvalue weighted by molar-refractivity contribution is 7.89. The van der Waals surface area contributed by atoms with Crippen LogP contribution in [0.25, 0.3) is 11.1 Å². The van der Waals surface area contributed by atoms with Gasteiger partial charge in [-0.25, -0.2) is 4.39 Å². The van der Waals surface area contributed by atoms with Crippen LogP contribution in [0.15, 0.2) is 53.6 Å². The van der Waals surface area contributed by atoms with E-state index in [-0.39, 0.29) is 10.7 Å². The third-order valence-electron chi connectivity index (χ3n) is 3.56.